The number of pyridine rings is 1. The summed E-state index contributed by atoms with van der Waals surface area (Å²) in [6.07, 6.45) is 4.31. The second-order valence-corrected chi connectivity index (χ2v) is 5.54. The van der Waals surface area contributed by atoms with Crippen molar-refractivity contribution in [3.63, 3.8) is 0 Å². The second kappa shape index (κ2) is 5.75. The molecule has 1 saturated heterocycles. The topological polar surface area (TPSA) is 74.9 Å². The fourth-order valence-electron chi connectivity index (χ4n) is 2.77. The van der Waals surface area contributed by atoms with Crippen LogP contribution >= 0.6 is 0 Å². The summed E-state index contributed by atoms with van der Waals surface area (Å²) in [7, 11) is 0. The van der Waals surface area contributed by atoms with Gasteiger partial charge >= 0.3 is 5.97 Å². The molecule has 3 rings (SSSR count). The maximum Gasteiger partial charge on any atom is 0.308 e. The van der Waals surface area contributed by atoms with Gasteiger partial charge in [-0.25, -0.2) is 9.37 Å². The van der Waals surface area contributed by atoms with Crippen molar-refractivity contribution in [2.45, 2.75) is 19.3 Å². The molecular formula is C15H16FN3O3. The highest BCUT2D eigenvalue weighted by molar-refractivity contribution is 5.80. The van der Waals surface area contributed by atoms with Crippen LogP contribution in [0.25, 0.3) is 5.65 Å². The molecular weight excluding hydrogens is 289 g/mol. The Morgan fingerprint density at radius 2 is 2.18 bits per heavy atom. The van der Waals surface area contributed by atoms with Crippen LogP contribution in [0, 0.1) is 11.7 Å². The molecule has 1 N–H and O–H groups in total. The van der Waals surface area contributed by atoms with Crippen LogP contribution in [-0.4, -0.2) is 44.4 Å². The van der Waals surface area contributed by atoms with Crippen molar-refractivity contribution in [3.8, 4) is 0 Å². The lowest BCUT2D eigenvalue weighted by atomic mass is 9.98. The highest BCUT2D eigenvalue weighted by atomic mass is 19.1. The minimum atomic E-state index is -0.860. The average molecular weight is 305 g/mol. The van der Waals surface area contributed by atoms with E-state index >= 15 is 0 Å². The maximum atomic E-state index is 13.1. The predicted molar refractivity (Wildman–Crippen MR) is 75.8 cm³/mol. The highest BCUT2D eigenvalue weighted by Gasteiger charge is 2.28. The molecule has 0 saturated carbocycles. The number of halogens is 1. The van der Waals surface area contributed by atoms with Crippen molar-refractivity contribution in [2.24, 2.45) is 5.92 Å². The first-order chi connectivity index (χ1) is 10.5. The molecule has 3 heterocycles. The van der Waals surface area contributed by atoms with Crippen LogP contribution in [0.2, 0.25) is 0 Å². The van der Waals surface area contributed by atoms with Gasteiger partial charge in [0.15, 0.2) is 0 Å². The predicted octanol–water partition coefficient (Wildman–Crippen LogP) is 1.34. The van der Waals surface area contributed by atoms with E-state index in [2.05, 4.69) is 4.98 Å². The Bertz CT molecular complexity index is 728. The minimum absolute atomic E-state index is 0.0929. The van der Waals surface area contributed by atoms with Gasteiger partial charge in [-0.1, -0.05) is 0 Å². The van der Waals surface area contributed by atoms with Crippen molar-refractivity contribution in [3.05, 3.63) is 36.0 Å². The Balaban J connectivity index is 1.71. The van der Waals surface area contributed by atoms with E-state index in [1.54, 1.807) is 17.2 Å². The molecule has 1 fully saturated rings. The molecule has 0 aromatic carbocycles. The van der Waals surface area contributed by atoms with Gasteiger partial charge in [0.1, 0.15) is 11.5 Å². The Kier molecular flexibility index (Phi) is 3.79. The number of likely N-dealkylation sites (tertiary alicyclic amines) is 1. The number of carboxylic acids is 1. The zero-order chi connectivity index (χ0) is 15.7. The van der Waals surface area contributed by atoms with Gasteiger partial charge in [0.25, 0.3) is 0 Å². The smallest absolute Gasteiger partial charge is 0.308 e. The standard InChI is InChI=1S/C15H16FN3O3/c16-11-3-4-13-17-12(9-19(13)8-11)6-14(20)18-5-1-2-10(7-18)15(21)22/h3-4,8-10H,1-2,5-7H2,(H,21,22). The van der Waals surface area contributed by atoms with Crippen molar-refractivity contribution in [1.29, 1.82) is 0 Å². The number of piperidine rings is 1. The zero-order valence-corrected chi connectivity index (χ0v) is 11.9. The first-order valence-corrected chi connectivity index (χ1v) is 7.16. The van der Waals surface area contributed by atoms with Crippen molar-refractivity contribution in [1.82, 2.24) is 14.3 Å². The largest absolute Gasteiger partial charge is 0.481 e. The maximum absolute atomic E-state index is 13.1. The van der Waals surface area contributed by atoms with Gasteiger partial charge in [-0.05, 0) is 25.0 Å². The SMILES string of the molecule is O=C(O)C1CCCN(C(=O)Cc2cn3cc(F)ccc3n2)C1. The van der Waals surface area contributed by atoms with E-state index in [9.17, 15) is 14.0 Å². The van der Waals surface area contributed by atoms with E-state index in [0.717, 1.165) is 0 Å². The summed E-state index contributed by atoms with van der Waals surface area (Å²) in [4.78, 5) is 29.2. The Morgan fingerprint density at radius 3 is 2.95 bits per heavy atom. The van der Waals surface area contributed by atoms with Crippen LogP contribution in [-0.2, 0) is 16.0 Å². The van der Waals surface area contributed by atoms with E-state index < -0.39 is 11.9 Å². The number of fused-ring (bicyclic) bond motifs is 1. The Labute approximate surface area is 126 Å². The van der Waals surface area contributed by atoms with Gasteiger partial charge < -0.3 is 14.4 Å². The zero-order valence-electron chi connectivity index (χ0n) is 11.9. The quantitative estimate of drug-likeness (QED) is 0.928. The molecule has 2 aromatic rings. The molecule has 2 aromatic heterocycles. The molecule has 1 aliphatic rings. The van der Waals surface area contributed by atoms with E-state index in [0.29, 0.717) is 30.7 Å². The van der Waals surface area contributed by atoms with E-state index in [1.807, 2.05) is 0 Å². The first-order valence-electron chi connectivity index (χ1n) is 7.16. The van der Waals surface area contributed by atoms with Gasteiger partial charge in [-0.3, -0.25) is 9.59 Å². The molecule has 7 heteroatoms. The van der Waals surface area contributed by atoms with Crippen LogP contribution in [0.5, 0.6) is 0 Å². The van der Waals surface area contributed by atoms with Crippen molar-refractivity contribution in [2.75, 3.05) is 13.1 Å². The molecule has 0 bridgehead atoms. The summed E-state index contributed by atoms with van der Waals surface area (Å²) < 4.78 is 14.7. The lowest BCUT2D eigenvalue weighted by Gasteiger charge is -2.30. The number of carbonyl (C=O) groups excluding carboxylic acids is 1. The molecule has 6 nitrogen and oxygen atoms in total. The summed E-state index contributed by atoms with van der Waals surface area (Å²) >= 11 is 0. The normalized spacial score (nSPS) is 18.6. The number of rotatable bonds is 3. The third-order valence-electron chi connectivity index (χ3n) is 3.92. The van der Waals surface area contributed by atoms with Gasteiger partial charge in [0, 0.05) is 25.5 Å². The number of aromatic nitrogens is 2. The van der Waals surface area contributed by atoms with E-state index in [4.69, 9.17) is 5.11 Å². The summed E-state index contributed by atoms with van der Waals surface area (Å²) in [6, 6.07) is 2.86. The molecule has 116 valence electrons. The number of aliphatic carboxylic acids is 1. The van der Waals surface area contributed by atoms with Gasteiger partial charge in [0.2, 0.25) is 5.91 Å². The fourth-order valence-corrected chi connectivity index (χ4v) is 2.77. The number of carbonyl (C=O) groups is 2. The third-order valence-corrected chi connectivity index (χ3v) is 3.92. The van der Waals surface area contributed by atoms with Crippen LogP contribution < -0.4 is 0 Å². The Morgan fingerprint density at radius 1 is 1.36 bits per heavy atom. The molecule has 1 atom stereocenters. The summed E-state index contributed by atoms with van der Waals surface area (Å²) in [6.45, 7) is 0.820. The second-order valence-electron chi connectivity index (χ2n) is 5.54. The molecule has 22 heavy (non-hydrogen) atoms. The highest BCUT2D eigenvalue weighted by Crippen LogP contribution is 2.18. The molecule has 1 aliphatic heterocycles. The summed E-state index contributed by atoms with van der Waals surface area (Å²) in [5, 5.41) is 9.06. The fraction of sp³-hybridized carbons (Fsp3) is 0.400. The molecule has 1 amide bonds. The van der Waals surface area contributed by atoms with Crippen molar-refractivity contribution < 1.29 is 19.1 Å². The van der Waals surface area contributed by atoms with Gasteiger partial charge in [-0.2, -0.15) is 0 Å². The third kappa shape index (κ3) is 2.93. The van der Waals surface area contributed by atoms with Gasteiger partial charge in [0.05, 0.1) is 18.0 Å². The van der Waals surface area contributed by atoms with E-state index in [1.165, 1.54) is 16.7 Å². The molecule has 0 spiro atoms. The number of amides is 1. The summed E-state index contributed by atoms with van der Waals surface area (Å²) in [5.41, 5.74) is 1.12. The summed E-state index contributed by atoms with van der Waals surface area (Å²) in [5.74, 6) is -1.87. The first kappa shape index (κ1) is 14.5. The van der Waals surface area contributed by atoms with Crippen LogP contribution in [0.1, 0.15) is 18.5 Å². The number of hydrogen-bond donors (Lipinski definition) is 1. The molecule has 0 radical (unpaired) electrons. The van der Waals surface area contributed by atoms with Crippen LogP contribution in [0.15, 0.2) is 24.5 Å². The Hall–Kier alpha value is -2.44. The van der Waals surface area contributed by atoms with Gasteiger partial charge in [-0.15, -0.1) is 0 Å². The van der Waals surface area contributed by atoms with E-state index in [-0.39, 0.29) is 24.7 Å². The number of hydrogen-bond acceptors (Lipinski definition) is 3. The number of nitrogens with zero attached hydrogens (tertiary/aromatic N) is 3. The molecule has 1 unspecified atom stereocenters. The number of carboxylic acid groups (broad SMARTS) is 1. The monoisotopic (exact) mass is 305 g/mol. The van der Waals surface area contributed by atoms with Crippen molar-refractivity contribution >= 4 is 17.5 Å². The number of imidazole rings is 1. The lowest BCUT2D eigenvalue weighted by Crippen LogP contribution is -2.43. The lowest BCUT2D eigenvalue weighted by molar-refractivity contribution is -0.145. The average Bonchev–Trinajstić information content (AvgIpc) is 2.88. The molecule has 0 aliphatic carbocycles. The minimum Gasteiger partial charge on any atom is -0.481 e. The van der Waals surface area contributed by atoms with Crippen LogP contribution in [0.3, 0.4) is 0 Å². The van der Waals surface area contributed by atoms with Crippen LogP contribution in [0.4, 0.5) is 4.39 Å².